The number of furan rings is 1. The summed E-state index contributed by atoms with van der Waals surface area (Å²) in [5, 5.41) is 13.6. The molecular formula is C16H13ClF3N7O2S. The SMILES string of the molecule is Nn1c(N/N=C/c2ccco2)nnc1SCC(=O)Nc1ccc(Cl)c(C(F)(F)F)c1. The van der Waals surface area contributed by atoms with E-state index in [1.807, 2.05) is 0 Å². The minimum atomic E-state index is -4.63. The summed E-state index contributed by atoms with van der Waals surface area (Å²) in [5.74, 6) is 5.70. The third-order valence-corrected chi connectivity index (χ3v) is 4.72. The summed E-state index contributed by atoms with van der Waals surface area (Å²) < 4.78 is 44.8. The molecule has 0 radical (unpaired) electrons. The lowest BCUT2D eigenvalue weighted by Crippen LogP contribution is -2.17. The van der Waals surface area contributed by atoms with Crippen molar-refractivity contribution in [1.29, 1.82) is 0 Å². The number of hydrogen-bond donors (Lipinski definition) is 3. The molecule has 4 N–H and O–H groups in total. The van der Waals surface area contributed by atoms with E-state index in [2.05, 4.69) is 26.0 Å². The zero-order chi connectivity index (χ0) is 21.7. The van der Waals surface area contributed by atoms with Crippen LogP contribution in [-0.2, 0) is 11.0 Å². The molecule has 0 aliphatic rings. The Hall–Kier alpha value is -3.19. The first-order valence-electron chi connectivity index (χ1n) is 8.06. The zero-order valence-electron chi connectivity index (χ0n) is 14.9. The average molecular weight is 460 g/mol. The van der Waals surface area contributed by atoms with E-state index in [0.717, 1.165) is 28.6 Å². The van der Waals surface area contributed by atoms with Crippen molar-refractivity contribution in [2.24, 2.45) is 5.10 Å². The molecule has 3 rings (SSSR count). The number of nitrogens with two attached hydrogens (primary N) is 1. The Bertz CT molecular complexity index is 1050. The van der Waals surface area contributed by atoms with Gasteiger partial charge in [0.15, 0.2) is 0 Å². The number of aromatic nitrogens is 3. The highest BCUT2D eigenvalue weighted by atomic mass is 35.5. The number of nitrogens with one attached hydrogen (secondary N) is 2. The monoisotopic (exact) mass is 459 g/mol. The Kier molecular flexibility index (Phi) is 6.52. The molecule has 0 bridgehead atoms. The van der Waals surface area contributed by atoms with Gasteiger partial charge < -0.3 is 15.6 Å². The van der Waals surface area contributed by atoms with E-state index in [1.165, 1.54) is 18.5 Å². The van der Waals surface area contributed by atoms with Gasteiger partial charge in [-0.2, -0.15) is 18.3 Å². The van der Waals surface area contributed by atoms with Crippen molar-refractivity contribution in [3.8, 4) is 0 Å². The fraction of sp³-hybridized carbons (Fsp3) is 0.125. The molecule has 0 fully saturated rings. The van der Waals surface area contributed by atoms with Crippen molar-refractivity contribution in [3.63, 3.8) is 0 Å². The van der Waals surface area contributed by atoms with Crippen LogP contribution in [0, 0.1) is 0 Å². The van der Waals surface area contributed by atoms with Crippen LogP contribution >= 0.6 is 23.4 Å². The molecule has 1 amide bonds. The van der Waals surface area contributed by atoms with E-state index in [0.29, 0.717) is 5.76 Å². The summed E-state index contributed by atoms with van der Waals surface area (Å²) in [6, 6.07) is 6.47. The summed E-state index contributed by atoms with van der Waals surface area (Å²) >= 11 is 6.49. The van der Waals surface area contributed by atoms with Gasteiger partial charge in [0.05, 0.1) is 28.8 Å². The first kappa shape index (κ1) is 21.5. The van der Waals surface area contributed by atoms with Gasteiger partial charge in [0.1, 0.15) is 5.76 Å². The van der Waals surface area contributed by atoms with Crippen LogP contribution in [-0.4, -0.2) is 32.7 Å². The normalized spacial score (nSPS) is 11.7. The molecular weight excluding hydrogens is 447 g/mol. The molecule has 30 heavy (non-hydrogen) atoms. The van der Waals surface area contributed by atoms with E-state index in [-0.39, 0.29) is 22.5 Å². The van der Waals surface area contributed by atoms with Gasteiger partial charge in [-0.1, -0.05) is 23.4 Å². The summed E-state index contributed by atoms with van der Waals surface area (Å²) in [4.78, 5) is 12.1. The molecule has 0 aliphatic carbocycles. The van der Waals surface area contributed by atoms with E-state index >= 15 is 0 Å². The van der Waals surface area contributed by atoms with E-state index < -0.39 is 22.7 Å². The number of amides is 1. The Morgan fingerprint density at radius 2 is 2.17 bits per heavy atom. The lowest BCUT2D eigenvalue weighted by atomic mass is 10.2. The van der Waals surface area contributed by atoms with Gasteiger partial charge in [-0.25, -0.2) is 10.1 Å². The highest BCUT2D eigenvalue weighted by Crippen LogP contribution is 2.36. The maximum atomic E-state index is 12.9. The molecule has 2 heterocycles. The number of halogens is 4. The van der Waals surface area contributed by atoms with E-state index in [4.69, 9.17) is 21.9 Å². The smallest absolute Gasteiger partial charge is 0.417 e. The Labute approximate surface area is 176 Å². The van der Waals surface area contributed by atoms with Gasteiger partial charge in [0, 0.05) is 5.69 Å². The fourth-order valence-corrected chi connectivity index (χ4v) is 3.00. The number of anilines is 2. The predicted molar refractivity (Wildman–Crippen MR) is 106 cm³/mol. The summed E-state index contributed by atoms with van der Waals surface area (Å²) in [7, 11) is 0. The van der Waals surface area contributed by atoms with E-state index in [9.17, 15) is 18.0 Å². The van der Waals surface area contributed by atoms with Crippen molar-refractivity contribution in [2.45, 2.75) is 11.3 Å². The van der Waals surface area contributed by atoms with Crippen LogP contribution in [0.5, 0.6) is 0 Å². The lowest BCUT2D eigenvalue weighted by Gasteiger charge is -2.11. The maximum Gasteiger partial charge on any atom is 0.417 e. The number of alkyl halides is 3. The van der Waals surface area contributed by atoms with Crippen LogP contribution in [0.15, 0.2) is 51.3 Å². The number of hydrazone groups is 1. The van der Waals surface area contributed by atoms with Crippen molar-refractivity contribution in [3.05, 3.63) is 52.9 Å². The molecule has 14 heteroatoms. The first-order valence-corrected chi connectivity index (χ1v) is 9.43. The van der Waals surface area contributed by atoms with Crippen LogP contribution in [0.25, 0.3) is 0 Å². The van der Waals surface area contributed by atoms with Crippen molar-refractivity contribution in [1.82, 2.24) is 14.9 Å². The quantitative estimate of drug-likeness (QED) is 0.214. The van der Waals surface area contributed by atoms with Gasteiger partial charge in [-0.05, 0) is 30.3 Å². The molecule has 0 atom stereocenters. The Morgan fingerprint density at radius 1 is 1.37 bits per heavy atom. The van der Waals surface area contributed by atoms with Crippen molar-refractivity contribution < 1.29 is 22.4 Å². The predicted octanol–water partition coefficient (Wildman–Crippen LogP) is 3.43. The molecule has 0 spiro atoms. The van der Waals surface area contributed by atoms with Crippen LogP contribution in [0.2, 0.25) is 5.02 Å². The third kappa shape index (κ3) is 5.45. The first-order chi connectivity index (χ1) is 14.2. The number of thioether (sulfide) groups is 1. The van der Waals surface area contributed by atoms with Gasteiger partial charge in [0.25, 0.3) is 5.95 Å². The second-order valence-corrected chi connectivity index (χ2v) is 6.94. The number of carbonyl (C=O) groups excluding carboxylic acids is 1. The largest absolute Gasteiger partial charge is 0.463 e. The van der Waals surface area contributed by atoms with Crippen molar-refractivity contribution >= 4 is 47.1 Å². The Balaban J connectivity index is 1.56. The topological polar surface area (TPSA) is 123 Å². The number of hydrogen-bond acceptors (Lipinski definition) is 8. The van der Waals surface area contributed by atoms with Gasteiger partial charge >= 0.3 is 6.18 Å². The van der Waals surface area contributed by atoms with Crippen LogP contribution < -0.4 is 16.6 Å². The summed E-state index contributed by atoms with van der Waals surface area (Å²) in [6.07, 6.45) is -1.75. The van der Waals surface area contributed by atoms with Gasteiger partial charge in [-0.3, -0.25) is 4.79 Å². The minimum absolute atomic E-state index is 0.0406. The van der Waals surface area contributed by atoms with Crippen LogP contribution in [0.1, 0.15) is 11.3 Å². The molecule has 0 saturated carbocycles. The fourth-order valence-electron chi connectivity index (χ4n) is 2.12. The molecule has 9 nitrogen and oxygen atoms in total. The highest BCUT2D eigenvalue weighted by Gasteiger charge is 2.33. The summed E-state index contributed by atoms with van der Waals surface area (Å²) in [6.45, 7) is 0. The number of nitrogens with zero attached hydrogens (tertiary/aromatic N) is 4. The summed E-state index contributed by atoms with van der Waals surface area (Å²) in [5.41, 5.74) is 1.49. The second-order valence-electron chi connectivity index (χ2n) is 5.59. The minimum Gasteiger partial charge on any atom is -0.463 e. The van der Waals surface area contributed by atoms with Gasteiger partial charge in [-0.15, -0.1) is 10.2 Å². The Morgan fingerprint density at radius 3 is 2.87 bits per heavy atom. The molecule has 0 unspecified atom stereocenters. The number of benzene rings is 1. The zero-order valence-corrected chi connectivity index (χ0v) is 16.4. The molecule has 158 valence electrons. The van der Waals surface area contributed by atoms with Gasteiger partial charge in [0.2, 0.25) is 11.1 Å². The average Bonchev–Trinajstić information content (AvgIpc) is 3.31. The molecule has 0 aliphatic heterocycles. The third-order valence-electron chi connectivity index (χ3n) is 3.45. The molecule has 3 aromatic rings. The van der Waals surface area contributed by atoms with Crippen molar-refractivity contribution in [2.75, 3.05) is 22.3 Å². The standard InChI is InChI=1S/C16H13ClF3N7O2S/c17-12-4-3-9(6-11(12)16(18,19)20)23-13(28)8-30-15-26-25-14(27(15)21)24-22-7-10-2-1-5-29-10/h1-7H,8,21H2,(H,23,28)(H,24,25)/b22-7+. The lowest BCUT2D eigenvalue weighted by molar-refractivity contribution is -0.137. The maximum absolute atomic E-state index is 12.9. The second kappa shape index (κ2) is 9.09. The van der Waals surface area contributed by atoms with Crippen LogP contribution in [0.3, 0.4) is 0 Å². The number of carbonyl (C=O) groups is 1. The molecule has 2 aromatic heterocycles. The highest BCUT2D eigenvalue weighted by molar-refractivity contribution is 7.99. The molecule has 1 aromatic carbocycles. The number of nitrogen functional groups attached to an aromatic ring is 1. The van der Waals surface area contributed by atoms with E-state index in [1.54, 1.807) is 12.1 Å². The van der Waals surface area contributed by atoms with Crippen LogP contribution in [0.4, 0.5) is 24.8 Å². The molecule has 0 saturated heterocycles. The number of rotatable bonds is 7.